The number of rotatable bonds is 6. The van der Waals surface area contributed by atoms with Crippen LogP contribution >= 0.6 is 23.2 Å². The number of hydrogen-bond acceptors (Lipinski definition) is 4. The lowest BCUT2D eigenvalue weighted by molar-refractivity contribution is 0.464. The number of nitrogens with one attached hydrogen (secondary N) is 2. The Kier molecular flexibility index (Phi) is 7.47. The molecule has 0 radical (unpaired) electrons. The van der Waals surface area contributed by atoms with Gasteiger partial charge in [0.1, 0.15) is 11.5 Å². The number of halogens is 2. The fourth-order valence-electron chi connectivity index (χ4n) is 7.03. The molecule has 2 aliphatic carbocycles. The number of aromatic amines is 2. The Morgan fingerprint density at radius 2 is 1.00 bits per heavy atom. The molecule has 232 valence electrons. The van der Waals surface area contributed by atoms with Gasteiger partial charge in [0.2, 0.25) is 0 Å². The topological polar surface area (TPSA) is 97.8 Å². The Morgan fingerprint density at radius 3 is 1.43 bits per heavy atom. The molecule has 2 heterocycles. The third-order valence-corrected chi connectivity index (χ3v) is 9.91. The number of fused-ring (bicyclic) bond motifs is 2. The van der Waals surface area contributed by atoms with Crippen molar-refractivity contribution in [1.29, 1.82) is 0 Å². The molecule has 8 rings (SSSR count). The molecular formula is C39H30Cl2N4O2. The Bertz CT molecular complexity index is 2020. The van der Waals surface area contributed by atoms with Gasteiger partial charge in [0, 0.05) is 44.1 Å². The molecule has 47 heavy (non-hydrogen) atoms. The van der Waals surface area contributed by atoms with Gasteiger partial charge < -0.3 is 10.2 Å². The number of aromatic nitrogens is 4. The molecule has 0 fully saturated rings. The van der Waals surface area contributed by atoms with Gasteiger partial charge in [-0.3, -0.25) is 10.2 Å². The number of phenolic OH excluding ortho intramolecular Hbond substituents is 2. The van der Waals surface area contributed by atoms with Crippen LogP contribution in [-0.2, 0) is 6.42 Å². The highest BCUT2D eigenvalue weighted by atomic mass is 35.5. The van der Waals surface area contributed by atoms with Crippen molar-refractivity contribution in [2.24, 2.45) is 0 Å². The summed E-state index contributed by atoms with van der Waals surface area (Å²) in [7, 11) is 0. The molecule has 0 saturated heterocycles. The Hall–Kier alpha value is -5.04. The highest BCUT2D eigenvalue weighted by Gasteiger charge is 2.29. The maximum atomic E-state index is 11.1. The fraction of sp³-hybridized carbons (Fsp3) is 0.128. The average molecular weight is 658 g/mol. The number of aromatic hydroxyl groups is 2. The molecule has 0 saturated carbocycles. The van der Waals surface area contributed by atoms with Crippen LogP contribution in [0.3, 0.4) is 0 Å². The van der Waals surface area contributed by atoms with E-state index in [0.29, 0.717) is 29.3 Å². The monoisotopic (exact) mass is 656 g/mol. The van der Waals surface area contributed by atoms with E-state index in [9.17, 15) is 10.2 Å². The normalized spacial score (nSPS) is 17.1. The standard InChI is InChI=1S/C39H30Cl2N4O2/c40-28-7-3-24(4-8-28)26-16-30(34-20-42-44-36(34)18-26)32-14-22(1-11-38(32)46)13-23-2-12-39(47)33(15-23)31-17-27(19-37-35(31)21-43-45-37)25-5-9-29(41)10-6-25/h1-12,14-15,18-21,30-31,46-47H,13,16-17H2,(H,42,44)(H,43,45). The van der Waals surface area contributed by atoms with Crippen LogP contribution in [0.4, 0.5) is 0 Å². The van der Waals surface area contributed by atoms with Gasteiger partial charge in [0.15, 0.2) is 0 Å². The van der Waals surface area contributed by atoms with E-state index in [1.54, 1.807) is 12.1 Å². The summed E-state index contributed by atoms with van der Waals surface area (Å²) in [6.07, 6.45) is 10.0. The van der Waals surface area contributed by atoms with Gasteiger partial charge >= 0.3 is 0 Å². The highest BCUT2D eigenvalue weighted by Crippen LogP contribution is 2.46. The minimum absolute atomic E-state index is 0.0745. The van der Waals surface area contributed by atoms with E-state index >= 15 is 0 Å². The lowest BCUT2D eigenvalue weighted by atomic mass is 9.78. The number of benzene rings is 4. The first-order valence-electron chi connectivity index (χ1n) is 15.5. The van der Waals surface area contributed by atoms with Crippen molar-refractivity contribution >= 4 is 46.5 Å². The minimum Gasteiger partial charge on any atom is -0.508 e. The van der Waals surface area contributed by atoms with Crippen LogP contribution in [0, 0.1) is 0 Å². The van der Waals surface area contributed by atoms with Crippen molar-refractivity contribution in [1.82, 2.24) is 20.4 Å². The van der Waals surface area contributed by atoms with Gasteiger partial charge in [-0.2, -0.15) is 10.2 Å². The predicted octanol–water partition coefficient (Wildman–Crippen LogP) is 9.59. The van der Waals surface area contributed by atoms with E-state index in [1.165, 1.54) is 0 Å². The van der Waals surface area contributed by atoms with Crippen LogP contribution in [0.15, 0.2) is 97.3 Å². The van der Waals surface area contributed by atoms with Crippen LogP contribution in [0.2, 0.25) is 10.0 Å². The SMILES string of the molecule is Oc1ccc(Cc2ccc(O)c(C3CC(c4ccc(Cl)cc4)=Cc4[nH]ncc43)c2)cc1C1CC(c2ccc(Cl)cc2)=Cc2[nH]ncc21. The Morgan fingerprint density at radius 1 is 0.574 bits per heavy atom. The number of nitrogens with zero attached hydrogens (tertiary/aromatic N) is 2. The van der Waals surface area contributed by atoms with E-state index < -0.39 is 0 Å². The number of phenols is 2. The first-order chi connectivity index (χ1) is 22.9. The van der Waals surface area contributed by atoms with E-state index in [2.05, 4.69) is 44.7 Å². The Labute approximate surface area is 282 Å². The first kappa shape index (κ1) is 29.4. The zero-order valence-electron chi connectivity index (χ0n) is 25.2. The van der Waals surface area contributed by atoms with Crippen LogP contribution in [0.25, 0.3) is 23.3 Å². The molecule has 2 aromatic heterocycles. The minimum atomic E-state index is -0.0745. The Balaban J connectivity index is 1.10. The van der Waals surface area contributed by atoms with Gasteiger partial charge in [-0.05, 0) is 101 Å². The van der Waals surface area contributed by atoms with E-state index in [-0.39, 0.29) is 23.3 Å². The van der Waals surface area contributed by atoms with Gasteiger partial charge in [-0.25, -0.2) is 0 Å². The van der Waals surface area contributed by atoms with Crippen LogP contribution in [-0.4, -0.2) is 30.6 Å². The molecule has 0 aliphatic heterocycles. The van der Waals surface area contributed by atoms with Crippen molar-refractivity contribution in [2.45, 2.75) is 31.1 Å². The molecule has 6 aromatic rings. The van der Waals surface area contributed by atoms with Crippen LogP contribution in [0.1, 0.15) is 80.6 Å². The molecule has 0 spiro atoms. The van der Waals surface area contributed by atoms with Crippen molar-refractivity contribution in [3.05, 3.63) is 163 Å². The largest absolute Gasteiger partial charge is 0.508 e. The van der Waals surface area contributed by atoms with Gasteiger partial charge in [0.25, 0.3) is 0 Å². The maximum absolute atomic E-state index is 11.1. The summed E-state index contributed by atoms with van der Waals surface area (Å²) in [6, 6.07) is 27.4. The van der Waals surface area contributed by atoms with Gasteiger partial charge in [0.05, 0.1) is 23.8 Å². The molecular weight excluding hydrogens is 627 g/mol. The third kappa shape index (κ3) is 5.64. The third-order valence-electron chi connectivity index (χ3n) is 9.41. The number of hydrogen-bond donors (Lipinski definition) is 4. The molecule has 4 aromatic carbocycles. The molecule has 0 amide bonds. The van der Waals surface area contributed by atoms with Crippen molar-refractivity contribution < 1.29 is 10.2 Å². The molecule has 2 atom stereocenters. The van der Waals surface area contributed by atoms with Gasteiger partial charge in [-0.15, -0.1) is 0 Å². The van der Waals surface area contributed by atoms with Gasteiger partial charge in [-0.1, -0.05) is 71.7 Å². The summed E-state index contributed by atoms with van der Waals surface area (Å²) >= 11 is 12.3. The summed E-state index contributed by atoms with van der Waals surface area (Å²) in [5, 5.41) is 38.6. The second kappa shape index (κ2) is 12.0. The fourth-order valence-corrected chi connectivity index (χ4v) is 7.28. The second-order valence-corrected chi connectivity index (χ2v) is 13.2. The number of H-pyrrole nitrogens is 2. The molecule has 2 unspecified atom stereocenters. The maximum Gasteiger partial charge on any atom is 0.119 e. The lowest BCUT2D eigenvalue weighted by Crippen LogP contribution is -2.09. The zero-order valence-corrected chi connectivity index (χ0v) is 26.7. The molecule has 2 aliphatic rings. The van der Waals surface area contributed by atoms with Crippen LogP contribution < -0.4 is 0 Å². The number of allylic oxidation sites excluding steroid dienone is 2. The summed E-state index contributed by atoms with van der Waals surface area (Å²) in [6.45, 7) is 0. The van der Waals surface area contributed by atoms with E-state index in [0.717, 1.165) is 67.0 Å². The average Bonchev–Trinajstić information content (AvgIpc) is 3.76. The van der Waals surface area contributed by atoms with Crippen molar-refractivity contribution in [3.8, 4) is 11.5 Å². The molecule has 6 nitrogen and oxygen atoms in total. The smallest absolute Gasteiger partial charge is 0.119 e. The van der Waals surface area contributed by atoms with Crippen molar-refractivity contribution in [2.75, 3.05) is 0 Å². The van der Waals surface area contributed by atoms with Crippen molar-refractivity contribution in [3.63, 3.8) is 0 Å². The zero-order chi connectivity index (χ0) is 32.1. The van der Waals surface area contributed by atoms with Crippen LogP contribution in [0.5, 0.6) is 11.5 Å². The van der Waals surface area contributed by atoms with E-state index in [1.807, 2.05) is 73.1 Å². The summed E-state index contributed by atoms with van der Waals surface area (Å²) in [5.74, 6) is 0.362. The summed E-state index contributed by atoms with van der Waals surface area (Å²) in [5.41, 5.74) is 12.3. The summed E-state index contributed by atoms with van der Waals surface area (Å²) < 4.78 is 0. The quantitative estimate of drug-likeness (QED) is 0.143. The molecule has 4 N–H and O–H groups in total. The lowest BCUT2D eigenvalue weighted by Gasteiger charge is -2.25. The first-order valence-corrected chi connectivity index (χ1v) is 16.3. The highest BCUT2D eigenvalue weighted by molar-refractivity contribution is 6.30. The second-order valence-electron chi connectivity index (χ2n) is 12.3. The molecule has 8 heteroatoms. The predicted molar refractivity (Wildman–Crippen MR) is 188 cm³/mol. The van der Waals surface area contributed by atoms with E-state index in [4.69, 9.17) is 23.2 Å². The molecule has 0 bridgehead atoms. The summed E-state index contributed by atoms with van der Waals surface area (Å²) in [4.78, 5) is 0.